The fraction of sp³-hybridized carbons (Fsp3) is 0.0968. The third kappa shape index (κ3) is 3.65. The SMILES string of the molecule is C=COc1cccc(N(c2cccc(OC=C)c2)c2ccc3c(c2)C(C)(C)c2ccccc2-3)c1. The minimum absolute atomic E-state index is 0.0881. The molecule has 0 spiro atoms. The highest BCUT2D eigenvalue weighted by Crippen LogP contribution is 2.50. The molecule has 3 nitrogen and oxygen atoms in total. The summed E-state index contributed by atoms with van der Waals surface area (Å²) in [5, 5.41) is 0. The number of nitrogens with zero attached hydrogens (tertiary/aromatic N) is 1. The molecule has 0 saturated carbocycles. The minimum Gasteiger partial charge on any atom is -0.466 e. The van der Waals surface area contributed by atoms with E-state index in [0.717, 1.165) is 28.6 Å². The number of fused-ring (bicyclic) bond motifs is 3. The topological polar surface area (TPSA) is 21.7 Å². The summed E-state index contributed by atoms with van der Waals surface area (Å²) in [5.74, 6) is 1.45. The maximum Gasteiger partial charge on any atom is 0.128 e. The first-order valence-electron chi connectivity index (χ1n) is 11.3. The average molecular weight is 446 g/mol. The summed E-state index contributed by atoms with van der Waals surface area (Å²) < 4.78 is 11.2. The van der Waals surface area contributed by atoms with Gasteiger partial charge in [0, 0.05) is 34.6 Å². The molecule has 168 valence electrons. The Labute approximate surface area is 201 Å². The number of rotatable bonds is 7. The number of hydrogen-bond acceptors (Lipinski definition) is 3. The third-order valence-electron chi connectivity index (χ3n) is 6.42. The van der Waals surface area contributed by atoms with Crippen molar-refractivity contribution in [2.24, 2.45) is 0 Å². The van der Waals surface area contributed by atoms with E-state index in [1.165, 1.54) is 34.8 Å². The summed E-state index contributed by atoms with van der Waals surface area (Å²) in [6.45, 7) is 12.0. The molecule has 0 amide bonds. The van der Waals surface area contributed by atoms with Gasteiger partial charge in [0.05, 0.1) is 12.5 Å². The van der Waals surface area contributed by atoms with Gasteiger partial charge in [-0.15, -0.1) is 0 Å². The van der Waals surface area contributed by atoms with Crippen LogP contribution in [0.3, 0.4) is 0 Å². The van der Waals surface area contributed by atoms with E-state index in [2.05, 4.69) is 86.5 Å². The van der Waals surface area contributed by atoms with Crippen molar-refractivity contribution in [2.75, 3.05) is 4.90 Å². The van der Waals surface area contributed by atoms with Gasteiger partial charge in [-0.3, -0.25) is 0 Å². The van der Waals surface area contributed by atoms with E-state index in [4.69, 9.17) is 9.47 Å². The zero-order chi connectivity index (χ0) is 23.7. The van der Waals surface area contributed by atoms with Crippen LogP contribution in [0.2, 0.25) is 0 Å². The lowest BCUT2D eigenvalue weighted by molar-refractivity contribution is 0.483. The monoisotopic (exact) mass is 445 g/mol. The highest BCUT2D eigenvalue weighted by molar-refractivity contribution is 5.85. The molecule has 0 aromatic heterocycles. The maximum absolute atomic E-state index is 5.58. The first kappa shape index (κ1) is 21.6. The molecule has 0 heterocycles. The first-order chi connectivity index (χ1) is 16.5. The van der Waals surface area contributed by atoms with Crippen LogP contribution in [0.5, 0.6) is 11.5 Å². The van der Waals surface area contributed by atoms with Crippen LogP contribution in [0, 0.1) is 0 Å². The highest BCUT2D eigenvalue weighted by Gasteiger charge is 2.35. The van der Waals surface area contributed by atoms with Crippen LogP contribution in [0.15, 0.2) is 117 Å². The van der Waals surface area contributed by atoms with Crippen LogP contribution >= 0.6 is 0 Å². The molecule has 34 heavy (non-hydrogen) atoms. The largest absolute Gasteiger partial charge is 0.466 e. The van der Waals surface area contributed by atoms with E-state index in [9.17, 15) is 0 Å². The Hall–Kier alpha value is -4.24. The van der Waals surface area contributed by atoms with Gasteiger partial charge < -0.3 is 14.4 Å². The van der Waals surface area contributed by atoms with Gasteiger partial charge >= 0.3 is 0 Å². The fourth-order valence-electron chi connectivity index (χ4n) is 4.86. The minimum atomic E-state index is -0.0881. The number of hydrogen-bond donors (Lipinski definition) is 0. The summed E-state index contributed by atoms with van der Waals surface area (Å²) in [6, 6.07) is 31.4. The van der Waals surface area contributed by atoms with Crippen molar-refractivity contribution in [3.8, 4) is 22.6 Å². The van der Waals surface area contributed by atoms with Crippen molar-refractivity contribution in [3.05, 3.63) is 128 Å². The zero-order valence-corrected chi connectivity index (χ0v) is 19.5. The van der Waals surface area contributed by atoms with Gasteiger partial charge in [0.2, 0.25) is 0 Å². The van der Waals surface area contributed by atoms with E-state index in [1.54, 1.807) is 0 Å². The van der Waals surface area contributed by atoms with Gasteiger partial charge in [0.1, 0.15) is 11.5 Å². The van der Waals surface area contributed by atoms with Crippen molar-refractivity contribution in [1.82, 2.24) is 0 Å². The van der Waals surface area contributed by atoms with E-state index in [0.29, 0.717) is 0 Å². The Morgan fingerprint density at radius 2 is 1.18 bits per heavy atom. The molecule has 3 heteroatoms. The molecule has 0 aliphatic heterocycles. The van der Waals surface area contributed by atoms with Crippen LogP contribution in [0.4, 0.5) is 17.1 Å². The third-order valence-corrected chi connectivity index (χ3v) is 6.42. The van der Waals surface area contributed by atoms with Crippen LogP contribution in [-0.2, 0) is 5.41 Å². The average Bonchev–Trinajstić information content (AvgIpc) is 3.07. The number of anilines is 3. The molecular weight excluding hydrogens is 418 g/mol. The summed E-state index contributed by atoms with van der Waals surface area (Å²) >= 11 is 0. The second-order valence-electron chi connectivity index (χ2n) is 8.80. The molecule has 0 saturated heterocycles. The van der Waals surface area contributed by atoms with Crippen LogP contribution in [0.1, 0.15) is 25.0 Å². The summed E-state index contributed by atoms with van der Waals surface area (Å²) in [4.78, 5) is 2.21. The smallest absolute Gasteiger partial charge is 0.128 e. The molecule has 0 radical (unpaired) electrons. The van der Waals surface area contributed by atoms with Crippen molar-refractivity contribution >= 4 is 17.1 Å². The fourth-order valence-corrected chi connectivity index (χ4v) is 4.86. The summed E-state index contributed by atoms with van der Waals surface area (Å²) in [5.41, 5.74) is 8.19. The molecule has 1 aliphatic rings. The summed E-state index contributed by atoms with van der Waals surface area (Å²) in [7, 11) is 0. The summed E-state index contributed by atoms with van der Waals surface area (Å²) in [6.07, 6.45) is 2.88. The van der Waals surface area contributed by atoms with Crippen molar-refractivity contribution in [2.45, 2.75) is 19.3 Å². The van der Waals surface area contributed by atoms with Gasteiger partial charge in [-0.05, 0) is 58.7 Å². The molecule has 5 rings (SSSR count). The predicted octanol–water partition coefficient (Wildman–Crippen LogP) is 8.51. The Morgan fingerprint density at radius 1 is 0.618 bits per heavy atom. The second-order valence-corrected chi connectivity index (χ2v) is 8.80. The Morgan fingerprint density at radius 3 is 1.79 bits per heavy atom. The lowest BCUT2D eigenvalue weighted by atomic mass is 9.82. The van der Waals surface area contributed by atoms with E-state index in [1.807, 2.05) is 36.4 Å². The van der Waals surface area contributed by atoms with Crippen molar-refractivity contribution < 1.29 is 9.47 Å². The molecule has 0 N–H and O–H groups in total. The van der Waals surface area contributed by atoms with Crippen molar-refractivity contribution in [3.63, 3.8) is 0 Å². The van der Waals surface area contributed by atoms with Gasteiger partial charge in [-0.1, -0.05) is 69.5 Å². The second kappa shape index (κ2) is 8.60. The Balaban J connectivity index is 1.69. The van der Waals surface area contributed by atoms with Gasteiger partial charge in [0.25, 0.3) is 0 Å². The predicted molar refractivity (Wildman–Crippen MR) is 140 cm³/mol. The Kier molecular flexibility index (Phi) is 5.46. The first-order valence-corrected chi connectivity index (χ1v) is 11.3. The van der Waals surface area contributed by atoms with Gasteiger partial charge in [-0.25, -0.2) is 0 Å². The molecule has 1 aliphatic carbocycles. The molecule has 0 atom stereocenters. The van der Waals surface area contributed by atoms with Gasteiger partial charge in [-0.2, -0.15) is 0 Å². The van der Waals surface area contributed by atoms with Crippen LogP contribution in [-0.4, -0.2) is 0 Å². The highest BCUT2D eigenvalue weighted by atomic mass is 16.5. The molecular formula is C31H27NO2. The van der Waals surface area contributed by atoms with Crippen LogP contribution in [0.25, 0.3) is 11.1 Å². The van der Waals surface area contributed by atoms with E-state index >= 15 is 0 Å². The molecule has 0 bridgehead atoms. The van der Waals surface area contributed by atoms with Crippen molar-refractivity contribution in [1.29, 1.82) is 0 Å². The van der Waals surface area contributed by atoms with Gasteiger partial charge in [0.15, 0.2) is 0 Å². The molecule has 4 aromatic carbocycles. The van der Waals surface area contributed by atoms with Crippen LogP contribution < -0.4 is 14.4 Å². The lowest BCUT2D eigenvalue weighted by Gasteiger charge is -2.28. The zero-order valence-electron chi connectivity index (χ0n) is 19.5. The quantitative estimate of drug-likeness (QED) is 0.266. The number of benzene rings is 4. The van der Waals surface area contributed by atoms with E-state index < -0.39 is 0 Å². The lowest BCUT2D eigenvalue weighted by Crippen LogP contribution is -2.16. The number of ether oxygens (including phenoxy) is 2. The standard InChI is InChI=1S/C31H27NO2/c1-5-33-25-13-9-11-22(19-25)32(23-12-10-14-26(20-23)34-6-2)24-17-18-28-27-15-7-8-16-29(27)31(3,4)30(28)21-24/h5-21H,1-2H2,3-4H3. The molecule has 0 unspecified atom stereocenters. The molecule has 4 aromatic rings. The Bertz CT molecular complexity index is 1330. The normalized spacial score (nSPS) is 12.9. The maximum atomic E-state index is 5.58. The molecule has 0 fully saturated rings. The van der Waals surface area contributed by atoms with E-state index in [-0.39, 0.29) is 5.41 Å².